The highest BCUT2D eigenvalue weighted by molar-refractivity contribution is 7.89. The Morgan fingerprint density at radius 2 is 1.94 bits per heavy atom. The third-order valence-corrected chi connectivity index (χ3v) is 7.55. The van der Waals surface area contributed by atoms with E-state index in [1.807, 2.05) is 6.92 Å². The number of carbonyl (C=O) groups excluding carboxylic acids is 1. The Bertz CT molecular complexity index is 1130. The van der Waals surface area contributed by atoms with Crippen molar-refractivity contribution < 1.29 is 22.9 Å². The van der Waals surface area contributed by atoms with Gasteiger partial charge in [0.15, 0.2) is 0 Å². The maximum Gasteiger partial charge on any atom is 0.271 e. The van der Waals surface area contributed by atoms with Crippen molar-refractivity contribution in [2.45, 2.75) is 31.6 Å². The van der Waals surface area contributed by atoms with Gasteiger partial charge in [0.2, 0.25) is 15.9 Å². The van der Waals surface area contributed by atoms with Crippen molar-refractivity contribution in [3.63, 3.8) is 0 Å². The van der Waals surface area contributed by atoms with E-state index in [1.165, 1.54) is 34.6 Å². The minimum Gasteiger partial charge on any atom is -0.492 e. The average Bonchev–Trinajstić information content (AvgIpc) is 2.76. The monoisotopic (exact) mass is 481 g/mol. The fraction of sp³-hybridized carbons (Fsp3) is 0.381. The molecule has 1 aliphatic heterocycles. The number of nitro benzene ring substituents is 1. The number of non-ortho nitro benzene ring substituents is 1. The average molecular weight is 482 g/mol. The molecule has 0 unspecified atom stereocenters. The van der Waals surface area contributed by atoms with Crippen LogP contribution in [0, 0.1) is 23.0 Å². The van der Waals surface area contributed by atoms with E-state index >= 15 is 0 Å². The van der Waals surface area contributed by atoms with Gasteiger partial charge in [-0.25, -0.2) is 8.42 Å². The summed E-state index contributed by atoms with van der Waals surface area (Å²) in [5.41, 5.74) is 0.973. The van der Waals surface area contributed by atoms with E-state index in [1.54, 1.807) is 13.0 Å². The third kappa shape index (κ3) is 5.20. The molecule has 2 aromatic rings. The number of hydrogen-bond donors (Lipinski definition) is 1. The maximum absolute atomic E-state index is 13.0. The molecule has 1 N–H and O–H groups in total. The van der Waals surface area contributed by atoms with Crippen molar-refractivity contribution in [2.24, 2.45) is 5.92 Å². The van der Waals surface area contributed by atoms with Gasteiger partial charge in [-0.2, -0.15) is 4.31 Å². The number of benzene rings is 2. The van der Waals surface area contributed by atoms with Crippen molar-refractivity contribution in [3.05, 3.63) is 57.1 Å². The second-order valence-electron chi connectivity index (χ2n) is 7.45. The molecule has 1 amide bonds. The Balaban J connectivity index is 1.65. The lowest BCUT2D eigenvalue weighted by Crippen LogP contribution is -2.41. The number of amides is 1. The van der Waals surface area contributed by atoms with Crippen LogP contribution in [0.4, 0.5) is 11.4 Å². The molecule has 0 saturated carbocycles. The third-order valence-electron chi connectivity index (χ3n) is 5.36. The highest BCUT2D eigenvalue weighted by Gasteiger charge is 2.32. The molecule has 1 heterocycles. The quantitative estimate of drug-likeness (QED) is 0.471. The van der Waals surface area contributed by atoms with E-state index in [4.69, 9.17) is 16.3 Å². The number of nitrogens with zero attached hydrogens (tertiary/aromatic N) is 2. The van der Waals surface area contributed by atoms with Gasteiger partial charge in [-0.1, -0.05) is 17.7 Å². The van der Waals surface area contributed by atoms with Crippen molar-refractivity contribution in [1.82, 2.24) is 4.31 Å². The Kier molecular flexibility index (Phi) is 7.37. The summed E-state index contributed by atoms with van der Waals surface area (Å²) >= 11 is 6.14. The SMILES string of the molecule is CCOc1ccc(S(=O)(=O)N2CCC(C(=O)Nc3cc([N+](=O)[O-])ccc3C)CC2)cc1Cl. The summed E-state index contributed by atoms with van der Waals surface area (Å²) < 4.78 is 32.6. The lowest BCUT2D eigenvalue weighted by molar-refractivity contribution is -0.384. The zero-order chi connectivity index (χ0) is 23.5. The number of aryl methyl sites for hydroxylation is 1. The number of piperidine rings is 1. The van der Waals surface area contributed by atoms with Gasteiger partial charge >= 0.3 is 0 Å². The minimum absolute atomic E-state index is 0.0704. The van der Waals surface area contributed by atoms with Gasteiger partial charge in [-0.15, -0.1) is 0 Å². The molecule has 0 bridgehead atoms. The predicted octanol–water partition coefficient (Wildman–Crippen LogP) is 3.99. The fourth-order valence-electron chi connectivity index (χ4n) is 3.52. The van der Waals surface area contributed by atoms with E-state index in [0.29, 0.717) is 36.4 Å². The molecule has 11 heteroatoms. The van der Waals surface area contributed by atoms with Crippen LogP contribution in [-0.4, -0.2) is 43.2 Å². The molecule has 0 atom stereocenters. The largest absolute Gasteiger partial charge is 0.492 e. The first-order valence-electron chi connectivity index (χ1n) is 10.1. The molecule has 0 spiro atoms. The highest BCUT2D eigenvalue weighted by Crippen LogP contribution is 2.31. The molecular weight excluding hydrogens is 458 g/mol. The Hall–Kier alpha value is -2.69. The van der Waals surface area contributed by atoms with Crippen molar-refractivity contribution in [1.29, 1.82) is 0 Å². The summed E-state index contributed by atoms with van der Waals surface area (Å²) in [5, 5.41) is 13.9. The van der Waals surface area contributed by atoms with E-state index in [2.05, 4.69) is 5.32 Å². The van der Waals surface area contributed by atoms with Crippen LogP contribution in [0.15, 0.2) is 41.3 Å². The van der Waals surface area contributed by atoms with Crippen LogP contribution in [0.2, 0.25) is 5.02 Å². The Labute approximate surface area is 191 Å². The summed E-state index contributed by atoms with van der Waals surface area (Å²) in [6.45, 7) is 4.33. The lowest BCUT2D eigenvalue weighted by atomic mass is 9.97. The Morgan fingerprint density at radius 1 is 1.25 bits per heavy atom. The maximum atomic E-state index is 13.0. The molecule has 2 aromatic carbocycles. The van der Waals surface area contributed by atoms with E-state index in [9.17, 15) is 23.3 Å². The molecule has 1 aliphatic rings. The van der Waals surface area contributed by atoms with E-state index in [-0.39, 0.29) is 34.6 Å². The number of rotatable bonds is 7. The van der Waals surface area contributed by atoms with E-state index < -0.39 is 20.9 Å². The second kappa shape index (κ2) is 9.85. The molecule has 172 valence electrons. The van der Waals surface area contributed by atoms with Crippen LogP contribution in [0.3, 0.4) is 0 Å². The topological polar surface area (TPSA) is 119 Å². The molecule has 0 aromatic heterocycles. The number of anilines is 1. The summed E-state index contributed by atoms with van der Waals surface area (Å²) in [5.74, 6) is -0.265. The molecule has 1 fully saturated rings. The standard InChI is InChI=1S/C21H24ClN3O6S/c1-3-31-20-7-6-17(13-18(20)22)32(29,30)24-10-8-15(9-11-24)21(26)23-19-12-16(25(27)28)5-4-14(19)2/h4-7,12-13,15H,3,8-11H2,1-2H3,(H,23,26). The smallest absolute Gasteiger partial charge is 0.271 e. The second-order valence-corrected chi connectivity index (χ2v) is 9.79. The molecular formula is C21H24ClN3O6S. The molecule has 32 heavy (non-hydrogen) atoms. The molecule has 1 saturated heterocycles. The summed E-state index contributed by atoms with van der Waals surface area (Å²) in [7, 11) is -3.76. The van der Waals surface area contributed by atoms with Gasteiger partial charge < -0.3 is 10.1 Å². The van der Waals surface area contributed by atoms with Crippen LogP contribution < -0.4 is 10.1 Å². The fourth-order valence-corrected chi connectivity index (χ4v) is 5.31. The summed E-state index contributed by atoms with van der Waals surface area (Å²) in [6.07, 6.45) is 0.674. The normalized spacial score (nSPS) is 15.3. The van der Waals surface area contributed by atoms with Gasteiger partial charge in [-0.05, 0) is 50.5 Å². The first-order valence-corrected chi connectivity index (χ1v) is 11.9. The minimum atomic E-state index is -3.76. The number of ether oxygens (including phenoxy) is 1. The molecule has 3 rings (SSSR count). The Morgan fingerprint density at radius 3 is 2.53 bits per heavy atom. The molecule has 9 nitrogen and oxygen atoms in total. The van der Waals surface area contributed by atoms with Crippen LogP contribution >= 0.6 is 11.6 Å². The summed E-state index contributed by atoms with van der Waals surface area (Å²) in [6, 6.07) is 8.62. The number of nitrogens with one attached hydrogen (secondary N) is 1. The van der Waals surface area contributed by atoms with Gasteiger partial charge in [0.1, 0.15) is 5.75 Å². The zero-order valence-electron chi connectivity index (χ0n) is 17.7. The van der Waals surface area contributed by atoms with Gasteiger partial charge in [0, 0.05) is 31.1 Å². The summed E-state index contributed by atoms with van der Waals surface area (Å²) in [4.78, 5) is 23.2. The number of nitro groups is 1. The van der Waals surface area contributed by atoms with Gasteiger partial charge in [-0.3, -0.25) is 14.9 Å². The van der Waals surface area contributed by atoms with Crippen molar-refractivity contribution in [3.8, 4) is 5.75 Å². The molecule has 0 radical (unpaired) electrons. The predicted molar refractivity (Wildman–Crippen MR) is 121 cm³/mol. The van der Waals surface area contributed by atoms with Crippen LogP contribution in [0.25, 0.3) is 0 Å². The van der Waals surface area contributed by atoms with E-state index in [0.717, 1.165) is 0 Å². The van der Waals surface area contributed by atoms with Crippen molar-refractivity contribution >= 4 is 38.9 Å². The number of carbonyl (C=O) groups is 1. The number of hydrogen-bond acceptors (Lipinski definition) is 6. The van der Waals surface area contributed by atoms with Crippen LogP contribution in [0.5, 0.6) is 5.75 Å². The number of sulfonamides is 1. The first-order chi connectivity index (χ1) is 15.1. The van der Waals surface area contributed by atoms with Crippen molar-refractivity contribution in [2.75, 3.05) is 25.0 Å². The van der Waals surface area contributed by atoms with Crippen LogP contribution in [0.1, 0.15) is 25.3 Å². The number of halogens is 1. The molecule has 0 aliphatic carbocycles. The lowest BCUT2D eigenvalue weighted by Gasteiger charge is -2.30. The highest BCUT2D eigenvalue weighted by atomic mass is 35.5. The zero-order valence-corrected chi connectivity index (χ0v) is 19.3. The van der Waals surface area contributed by atoms with Crippen LogP contribution in [-0.2, 0) is 14.8 Å². The van der Waals surface area contributed by atoms with Gasteiger partial charge in [0.25, 0.3) is 5.69 Å². The first kappa shape index (κ1) is 24.0. The van der Waals surface area contributed by atoms with Gasteiger partial charge in [0.05, 0.1) is 27.1 Å².